The number of alkyl halides is 3. The Kier molecular flexibility index (Phi) is 6.33. The maximum Gasteiger partial charge on any atom is 0.573 e. The highest BCUT2D eigenvalue weighted by molar-refractivity contribution is 5.70. The van der Waals surface area contributed by atoms with Crippen LogP contribution in [0.2, 0.25) is 0 Å². The Hall–Kier alpha value is -4.13. The summed E-state index contributed by atoms with van der Waals surface area (Å²) >= 11 is 0. The number of nitrogens with zero attached hydrogens (tertiary/aromatic N) is 4. The van der Waals surface area contributed by atoms with E-state index >= 15 is 0 Å². The maximum absolute atomic E-state index is 13.1. The second-order valence-electron chi connectivity index (χ2n) is 10.7. The van der Waals surface area contributed by atoms with Gasteiger partial charge < -0.3 is 18.9 Å². The highest BCUT2D eigenvalue weighted by atomic mass is 19.4. The van der Waals surface area contributed by atoms with Gasteiger partial charge in [-0.2, -0.15) is 0 Å². The molecule has 1 N–H and O–H groups in total. The van der Waals surface area contributed by atoms with Crippen LogP contribution in [0.1, 0.15) is 55.8 Å². The molecule has 214 valence electrons. The normalized spacial score (nSPS) is 22.3. The Morgan fingerprint density at radius 2 is 1.78 bits per heavy atom. The zero-order valence-corrected chi connectivity index (χ0v) is 21.8. The van der Waals surface area contributed by atoms with Crippen molar-refractivity contribution in [3.63, 3.8) is 0 Å². The molecule has 3 atom stereocenters. The van der Waals surface area contributed by atoms with Gasteiger partial charge in [-0.05, 0) is 62.8 Å². The highest BCUT2D eigenvalue weighted by Gasteiger charge is 2.42. The third-order valence-electron chi connectivity index (χ3n) is 8.01. The van der Waals surface area contributed by atoms with E-state index in [9.17, 15) is 18.0 Å². The molecule has 2 saturated heterocycles. The number of hydrogen-bond donors (Lipinski definition) is 1. The van der Waals surface area contributed by atoms with E-state index in [0.29, 0.717) is 28.4 Å². The number of aromatic amines is 1. The second kappa shape index (κ2) is 10.1. The van der Waals surface area contributed by atoms with E-state index in [1.165, 1.54) is 12.1 Å². The van der Waals surface area contributed by atoms with Gasteiger partial charge in [0.1, 0.15) is 23.0 Å². The van der Waals surface area contributed by atoms with Gasteiger partial charge in [0.05, 0.1) is 12.7 Å². The Morgan fingerprint density at radius 1 is 1.00 bits per heavy atom. The molecular formula is C28H26F3N5O5. The smallest absolute Gasteiger partial charge is 0.405 e. The summed E-state index contributed by atoms with van der Waals surface area (Å²) in [7, 11) is 0. The van der Waals surface area contributed by atoms with Crippen molar-refractivity contribution in [3.05, 3.63) is 64.5 Å². The van der Waals surface area contributed by atoms with Gasteiger partial charge >= 0.3 is 12.1 Å². The molecule has 3 fully saturated rings. The molecule has 4 aromatic rings. The fourth-order valence-electron chi connectivity index (χ4n) is 6.09. The number of H-pyrrole nitrogens is 1. The third-order valence-corrected chi connectivity index (χ3v) is 8.01. The van der Waals surface area contributed by atoms with Crippen LogP contribution in [-0.4, -0.2) is 44.8 Å². The first kappa shape index (κ1) is 25.8. The molecular weight excluding hydrogens is 543 g/mol. The largest absolute Gasteiger partial charge is 0.573 e. The van der Waals surface area contributed by atoms with Crippen molar-refractivity contribution < 1.29 is 31.7 Å². The number of nitrogens with one attached hydrogen (secondary N) is 1. The summed E-state index contributed by atoms with van der Waals surface area (Å²) in [5, 5.41) is 7.88. The van der Waals surface area contributed by atoms with Gasteiger partial charge in [0.25, 0.3) is 0 Å². The average molecular weight is 570 g/mol. The van der Waals surface area contributed by atoms with E-state index in [1.54, 1.807) is 18.3 Å². The number of para-hydroxylation sites is 1. The summed E-state index contributed by atoms with van der Waals surface area (Å²) in [5.74, 6) is 1.12. The van der Waals surface area contributed by atoms with E-state index in [4.69, 9.17) is 9.26 Å². The zero-order chi connectivity index (χ0) is 28.1. The van der Waals surface area contributed by atoms with Crippen LogP contribution in [0.4, 0.5) is 19.0 Å². The number of aromatic nitrogens is 4. The van der Waals surface area contributed by atoms with Crippen molar-refractivity contribution in [2.24, 2.45) is 0 Å². The summed E-state index contributed by atoms with van der Waals surface area (Å²) in [4.78, 5) is 20.7. The summed E-state index contributed by atoms with van der Waals surface area (Å²) < 4.78 is 60.2. The van der Waals surface area contributed by atoms with Crippen LogP contribution in [0.5, 0.6) is 5.75 Å². The van der Waals surface area contributed by atoms with Crippen molar-refractivity contribution in [3.8, 4) is 28.4 Å². The lowest BCUT2D eigenvalue weighted by molar-refractivity contribution is -0.274. The number of halogens is 3. The lowest BCUT2D eigenvalue weighted by Crippen LogP contribution is -2.46. The molecule has 0 spiro atoms. The number of benzene rings is 1. The first-order chi connectivity index (χ1) is 19.8. The predicted molar refractivity (Wildman–Crippen MR) is 138 cm³/mol. The van der Waals surface area contributed by atoms with Crippen molar-refractivity contribution in [1.29, 1.82) is 0 Å². The van der Waals surface area contributed by atoms with Crippen molar-refractivity contribution >= 4 is 5.82 Å². The molecule has 0 radical (unpaired) electrons. The molecule has 3 aliphatic rings. The molecule has 0 amide bonds. The second-order valence-corrected chi connectivity index (χ2v) is 10.7. The van der Waals surface area contributed by atoms with Gasteiger partial charge in [0, 0.05) is 40.9 Å². The number of anilines is 1. The van der Waals surface area contributed by atoms with E-state index in [1.807, 2.05) is 12.1 Å². The molecule has 3 aromatic heterocycles. The van der Waals surface area contributed by atoms with Crippen LogP contribution in [-0.2, 0) is 11.3 Å². The van der Waals surface area contributed by atoms with Gasteiger partial charge in [0.15, 0.2) is 5.82 Å². The van der Waals surface area contributed by atoms with Gasteiger partial charge in [0.2, 0.25) is 0 Å². The van der Waals surface area contributed by atoms with Crippen LogP contribution in [0.15, 0.2) is 56.4 Å². The number of fused-ring (bicyclic) bond motifs is 2. The molecule has 1 aliphatic carbocycles. The van der Waals surface area contributed by atoms with Crippen LogP contribution in [0.3, 0.4) is 0 Å². The fourth-order valence-corrected chi connectivity index (χ4v) is 6.09. The van der Waals surface area contributed by atoms with Crippen LogP contribution >= 0.6 is 0 Å². The number of ether oxygens (including phenoxy) is 2. The Labute approximate surface area is 231 Å². The van der Waals surface area contributed by atoms with Crippen LogP contribution in [0.25, 0.3) is 22.6 Å². The van der Waals surface area contributed by atoms with E-state index in [2.05, 4.69) is 34.4 Å². The van der Waals surface area contributed by atoms with Gasteiger partial charge in [-0.1, -0.05) is 22.4 Å². The number of rotatable bonds is 8. The lowest BCUT2D eigenvalue weighted by atomic mass is 9.99. The summed E-state index contributed by atoms with van der Waals surface area (Å²) in [5.41, 5.74) is 1.88. The molecule has 13 heteroatoms. The highest BCUT2D eigenvalue weighted by Crippen LogP contribution is 2.46. The van der Waals surface area contributed by atoms with Crippen LogP contribution < -0.4 is 15.4 Å². The van der Waals surface area contributed by atoms with Gasteiger partial charge in [-0.25, -0.2) is 9.78 Å². The van der Waals surface area contributed by atoms with Gasteiger partial charge in [-0.15, -0.1) is 13.2 Å². The molecule has 41 heavy (non-hydrogen) atoms. The quantitative estimate of drug-likeness (QED) is 0.290. The van der Waals surface area contributed by atoms with Gasteiger partial charge in [-0.3, -0.25) is 9.51 Å². The number of hydrogen-bond acceptors (Lipinski definition) is 9. The first-order valence-corrected chi connectivity index (χ1v) is 13.6. The van der Waals surface area contributed by atoms with E-state index in [0.717, 1.165) is 44.3 Å². The summed E-state index contributed by atoms with van der Waals surface area (Å²) in [6.07, 6.45) is 2.32. The van der Waals surface area contributed by atoms with E-state index in [-0.39, 0.29) is 42.0 Å². The third kappa shape index (κ3) is 5.21. The zero-order valence-electron chi connectivity index (χ0n) is 21.8. The maximum atomic E-state index is 13.1. The molecule has 1 saturated carbocycles. The minimum Gasteiger partial charge on any atom is -0.405 e. The monoisotopic (exact) mass is 569 g/mol. The minimum atomic E-state index is -4.83. The predicted octanol–water partition coefficient (Wildman–Crippen LogP) is 5.57. The first-order valence-electron chi connectivity index (χ1n) is 13.6. The number of pyridine rings is 1. The van der Waals surface area contributed by atoms with Crippen molar-refractivity contribution in [1.82, 2.24) is 20.3 Å². The Balaban J connectivity index is 1.07. The molecule has 10 nitrogen and oxygen atoms in total. The van der Waals surface area contributed by atoms with Crippen molar-refractivity contribution in [2.45, 2.75) is 75.6 Å². The van der Waals surface area contributed by atoms with Crippen LogP contribution in [0, 0.1) is 0 Å². The molecule has 2 bridgehead atoms. The fraction of sp³-hybridized carbons (Fsp3) is 0.429. The minimum absolute atomic E-state index is 0.0281. The average Bonchev–Trinajstić information content (AvgIpc) is 3.46. The SMILES string of the molecule is O=c1[nH]c(-c2ccc(N3[C@@H]4CC[C@H]3CC(OCc3c(-c5ccccc5OC(F)(F)F)noc3C3CC3)C4)nc2)no1. The Bertz CT molecular complexity index is 1580. The Morgan fingerprint density at radius 3 is 2.44 bits per heavy atom. The summed E-state index contributed by atoms with van der Waals surface area (Å²) in [6.45, 7) is 0.192. The van der Waals surface area contributed by atoms with E-state index < -0.39 is 12.1 Å². The molecule has 1 unspecified atom stereocenters. The molecule has 2 aliphatic heterocycles. The lowest BCUT2D eigenvalue weighted by Gasteiger charge is -2.39. The molecule has 1 aromatic carbocycles. The standard InChI is InChI=1S/C28H26F3N5O5/c29-28(30,31)39-22-4-2-1-3-20(22)24-21(25(40-34-24)15-5-6-15)14-38-19-11-17-8-9-18(12-19)36(17)23-10-7-16(13-32-23)26-33-27(37)41-35-26/h1-4,7,10,13,15,17-19H,5-6,8-9,11-12,14H2,(H,33,35,37)/t17-,18+,19?. The van der Waals surface area contributed by atoms with Crippen molar-refractivity contribution in [2.75, 3.05) is 4.90 Å². The topological polar surface area (TPSA) is 120 Å². The molecule has 5 heterocycles. The number of piperidine rings is 1. The molecule has 7 rings (SSSR count). The summed E-state index contributed by atoms with van der Waals surface area (Å²) in [6, 6.07) is 10.2.